The van der Waals surface area contributed by atoms with Gasteiger partial charge in [-0.25, -0.2) is 9.18 Å². The Balaban J connectivity index is 1.73. The number of carbonyl (C=O) groups is 1. The first kappa shape index (κ1) is 15.0. The summed E-state index contributed by atoms with van der Waals surface area (Å²) in [5, 5.41) is 0. The molecule has 0 spiro atoms. The Morgan fingerprint density at radius 1 is 1.14 bits per heavy atom. The van der Waals surface area contributed by atoms with Crippen molar-refractivity contribution in [1.82, 2.24) is 5.48 Å². The Labute approximate surface area is 122 Å². The molecule has 5 heteroatoms. The number of hydroxylamine groups is 1. The molecule has 4 nitrogen and oxygen atoms in total. The maximum Gasteiger partial charge on any atom is 0.356 e. The van der Waals surface area contributed by atoms with Crippen molar-refractivity contribution in [3.63, 3.8) is 0 Å². The lowest BCUT2D eigenvalue weighted by Crippen LogP contribution is -2.31. The highest BCUT2D eigenvalue weighted by molar-refractivity contribution is 5.89. The average molecular weight is 289 g/mol. The maximum absolute atomic E-state index is 12.8. The second-order valence-corrected chi connectivity index (χ2v) is 4.49. The van der Waals surface area contributed by atoms with Gasteiger partial charge in [-0.2, -0.15) is 0 Å². The first-order valence-electron chi connectivity index (χ1n) is 6.56. The number of hydrogen-bond donors (Lipinski definition) is 1. The van der Waals surface area contributed by atoms with E-state index >= 15 is 0 Å². The van der Waals surface area contributed by atoms with Crippen LogP contribution in [0.1, 0.15) is 17.3 Å². The van der Waals surface area contributed by atoms with Crippen molar-refractivity contribution in [1.29, 1.82) is 0 Å². The normalized spacial score (nSPS) is 11.7. The van der Waals surface area contributed by atoms with Gasteiger partial charge in [-0.3, -0.25) is 0 Å². The van der Waals surface area contributed by atoms with Crippen molar-refractivity contribution < 1.29 is 18.8 Å². The summed E-state index contributed by atoms with van der Waals surface area (Å²) >= 11 is 0. The summed E-state index contributed by atoms with van der Waals surface area (Å²) in [6.45, 7) is 2.13. The van der Waals surface area contributed by atoms with Gasteiger partial charge in [-0.15, -0.1) is 5.48 Å². The molecule has 2 aromatic rings. The van der Waals surface area contributed by atoms with Crippen LogP contribution < -0.4 is 10.2 Å². The molecule has 0 amide bonds. The molecule has 0 fully saturated rings. The zero-order chi connectivity index (χ0) is 15.1. The lowest BCUT2D eigenvalue weighted by Gasteiger charge is -2.15. The molecule has 0 aliphatic rings. The molecule has 0 heterocycles. The number of nitrogens with one attached hydrogen (secondary N) is 1. The molecule has 2 rings (SSSR count). The van der Waals surface area contributed by atoms with Gasteiger partial charge in [0.1, 0.15) is 17.7 Å². The summed E-state index contributed by atoms with van der Waals surface area (Å²) in [6, 6.07) is 14.4. The smallest absolute Gasteiger partial charge is 0.356 e. The van der Waals surface area contributed by atoms with Gasteiger partial charge in [0.15, 0.2) is 0 Å². The first-order valence-corrected chi connectivity index (χ1v) is 6.56. The second kappa shape index (κ2) is 7.40. The molecule has 2 aromatic carbocycles. The lowest BCUT2D eigenvalue weighted by atomic mass is 10.2. The standard InChI is InChI=1S/C16H16FNO3/c1-12(20-15-9-7-14(17)8-10-15)11-18-21-16(19)13-5-3-2-4-6-13/h2-10,12,18H,11H2,1H3. The molecular weight excluding hydrogens is 273 g/mol. The van der Waals surface area contributed by atoms with Crippen molar-refractivity contribution in [2.24, 2.45) is 0 Å². The molecule has 0 saturated heterocycles. The van der Waals surface area contributed by atoms with Gasteiger partial charge in [-0.1, -0.05) is 18.2 Å². The van der Waals surface area contributed by atoms with Crippen LogP contribution in [0.25, 0.3) is 0 Å². The molecule has 21 heavy (non-hydrogen) atoms. The Bertz CT molecular complexity index is 572. The number of benzene rings is 2. The van der Waals surface area contributed by atoms with Gasteiger partial charge in [-0.05, 0) is 43.3 Å². The summed E-state index contributed by atoms with van der Waals surface area (Å²) in [5.41, 5.74) is 3.04. The van der Waals surface area contributed by atoms with Crippen LogP contribution in [0.15, 0.2) is 54.6 Å². The topological polar surface area (TPSA) is 47.6 Å². The third kappa shape index (κ3) is 4.89. The Kier molecular flexibility index (Phi) is 5.29. The summed E-state index contributed by atoms with van der Waals surface area (Å²) in [4.78, 5) is 16.6. The fourth-order valence-electron chi connectivity index (χ4n) is 1.64. The monoisotopic (exact) mass is 289 g/mol. The average Bonchev–Trinajstić information content (AvgIpc) is 2.50. The number of rotatable bonds is 6. The van der Waals surface area contributed by atoms with Gasteiger partial charge >= 0.3 is 5.97 Å². The molecule has 0 aromatic heterocycles. The van der Waals surface area contributed by atoms with Gasteiger partial charge in [0.2, 0.25) is 0 Å². The molecule has 0 radical (unpaired) electrons. The van der Waals surface area contributed by atoms with E-state index in [1.165, 1.54) is 12.1 Å². The van der Waals surface area contributed by atoms with Crippen molar-refractivity contribution in [3.8, 4) is 5.75 Å². The molecule has 1 unspecified atom stereocenters. The first-order chi connectivity index (χ1) is 10.1. The van der Waals surface area contributed by atoms with E-state index in [9.17, 15) is 9.18 Å². The van der Waals surface area contributed by atoms with Gasteiger partial charge < -0.3 is 9.57 Å². The van der Waals surface area contributed by atoms with Crippen LogP contribution in [0, 0.1) is 5.82 Å². The summed E-state index contributed by atoms with van der Waals surface area (Å²) in [6.07, 6.45) is -0.237. The predicted molar refractivity (Wildman–Crippen MR) is 76.4 cm³/mol. The fraction of sp³-hybridized carbons (Fsp3) is 0.188. The van der Waals surface area contributed by atoms with Gasteiger partial charge in [0.25, 0.3) is 0 Å². The predicted octanol–water partition coefficient (Wildman–Crippen LogP) is 2.95. The van der Waals surface area contributed by atoms with Crippen molar-refractivity contribution in [3.05, 3.63) is 66.0 Å². The van der Waals surface area contributed by atoms with Crippen LogP contribution in [0.5, 0.6) is 5.75 Å². The van der Waals surface area contributed by atoms with Crippen LogP contribution in [-0.2, 0) is 4.84 Å². The largest absolute Gasteiger partial charge is 0.489 e. The maximum atomic E-state index is 12.8. The molecule has 110 valence electrons. The minimum Gasteiger partial charge on any atom is -0.489 e. The third-order valence-electron chi connectivity index (χ3n) is 2.70. The van der Waals surface area contributed by atoms with Crippen molar-refractivity contribution >= 4 is 5.97 Å². The van der Waals surface area contributed by atoms with E-state index < -0.39 is 5.97 Å². The zero-order valence-electron chi connectivity index (χ0n) is 11.6. The zero-order valence-corrected chi connectivity index (χ0v) is 11.6. The number of ether oxygens (including phenoxy) is 1. The van der Waals surface area contributed by atoms with E-state index in [0.717, 1.165) is 0 Å². The summed E-state index contributed by atoms with van der Waals surface area (Å²) < 4.78 is 18.3. The third-order valence-corrected chi connectivity index (χ3v) is 2.70. The molecule has 0 bridgehead atoms. The van der Waals surface area contributed by atoms with E-state index in [2.05, 4.69) is 5.48 Å². The number of carbonyl (C=O) groups excluding carboxylic acids is 1. The van der Waals surface area contributed by atoms with Crippen LogP contribution >= 0.6 is 0 Å². The Morgan fingerprint density at radius 2 is 1.81 bits per heavy atom. The van der Waals surface area contributed by atoms with Crippen molar-refractivity contribution in [2.45, 2.75) is 13.0 Å². The SMILES string of the molecule is CC(CNOC(=O)c1ccccc1)Oc1ccc(F)cc1. The van der Waals surface area contributed by atoms with Crippen LogP contribution in [0.2, 0.25) is 0 Å². The van der Waals surface area contributed by atoms with Crippen LogP contribution in [-0.4, -0.2) is 18.6 Å². The highest BCUT2D eigenvalue weighted by Gasteiger charge is 2.08. The van der Waals surface area contributed by atoms with E-state index in [0.29, 0.717) is 17.9 Å². The second-order valence-electron chi connectivity index (χ2n) is 4.49. The summed E-state index contributed by atoms with van der Waals surface area (Å²) in [5.74, 6) is -0.213. The molecule has 0 saturated carbocycles. The molecule has 1 atom stereocenters. The minimum absolute atomic E-state index is 0.237. The number of hydrogen-bond acceptors (Lipinski definition) is 4. The van der Waals surface area contributed by atoms with E-state index in [1.807, 2.05) is 13.0 Å². The van der Waals surface area contributed by atoms with Gasteiger partial charge in [0.05, 0.1) is 12.1 Å². The Morgan fingerprint density at radius 3 is 2.48 bits per heavy atom. The van der Waals surface area contributed by atoms with Crippen LogP contribution in [0.3, 0.4) is 0 Å². The van der Waals surface area contributed by atoms with Gasteiger partial charge in [0, 0.05) is 0 Å². The van der Waals surface area contributed by atoms with E-state index in [-0.39, 0.29) is 11.9 Å². The minimum atomic E-state index is -0.454. The van der Waals surface area contributed by atoms with Crippen molar-refractivity contribution in [2.75, 3.05) is 6.54 Å². The van der Waals surface area contributed by atoms with E-state index in [4.69, 9.17) is 9.57 Å². The van der Waals surface area contributed by atoms with E-state index in [1.54, 1.807) is 36.4 Å². The molecule has 1 N–H and O–H groups in total. The fourth-order valence-corrected chi connectivity index (χ4v) is 1.64. The highest BCUT2D eigenvalue weighted by Crippen LogP contribution is 2.12. The highest BCUT2D eigenvalue weighted by atomic mass is 19.1. The molecule has 0 aliphatic carbocycles. The molecule has 0 aliphatic heterocycles. The van der Waals surface area contributed by atoms with Crippen LogP contribution in [0.4, 0.5) is 4.39 Å². The summed E-state index contributed by atoms with van der Waals surface area (Å²) in [7, 11) is 0. The number of halogens is 1. The quantitative estimate of drug-likeness (QED) is 0.831. The lowest BCUT2D eigenvalue weighted by molar-refractivity contribution is 0.0182. The molecular formula is C16H16FNO3. The Hall–Kier alpha value is -2.40.